The molecule has 0 saturated heterocycles. The van der Waals surface area contributed by atoms with Crippen molar-refractivity contribution in [2.75, 3.05) is 13.7 Å². The highest BCUT2D eigenvalue weighted by Gasteiger charge is 2.13. The highest BCUT2D eigenvalue weighted by molar-refractivity contribution is 7.12. The number of rotatable bonds is 3. The van der Waals surface area contributed by atoms with Gasteiger partial charge in [0.1, 0.15) is 0 Å². The number of carbonyl (C=O) groups is 1. The molecule has 4 heteroatoms. The molecule has 0 aromatic carbocycles. The van der Waals surface area contributed by atoms with Crippen LogP contribution in [0.1, 0.15) is 21.7 Å². The normalized spacial score (nSPS) is 14.7. The Morgan fingerprint density at radius 1 is 1.67 bits per heavy atom. The van der Waals surface area contributed by atoms with E-state index < -0.39 is 0 Å². The van der Waals surface area contributed by atoms with Crippen molar-refractivity contribution in [3.8, 4) is 0 Å². The Hall–Kier alpha value is -0.870. The van der Waals surface area contributed by atoms with Gasteiger partial charge in [-0.15, -0.1) is 11.3 Å². The zero-order chi connectivity index (χ0) is 10.7. The molecular weight excluding hydrogens is 210 g/mol. The number of ether oxygens (including phenoxy) is 1. The number of aryl methyl sites for hydroxylation is 1. The number of esters is 1. The van der Waals surface area contributed by atoms with E-state index in [9.17, 15) is 4.79 Å². The minimum Gasteiger partial charge on any atom is -0.469 e. The average Bonchev–Trinajstić information content (AvgIpc) is 2.68. The monoisotopic (exact) mass is 225 g/mol. The van der Waals surface area contributed by atoms with Gasteiger partial charge in [0.2, 0.25) is 0 Å². The Bertz CT molecular complexity index is 336. The van der Waals surface area contributed by atoms with Gasteiger partial charge in [-0.3, -0.25) is 4.79 Å². The van der Waals surface area contributed by atoms with Gasteiger partial charge in [-0.05, 0) is 31.0 Å². The van der Waals surface area contributed by atoms with Crippen molar-refractivity contribution in [3.05, 3.63) is 21.4 Å². The molecule has 1 aliphatic heterocycles. The number of nitrogens with one attached hydrogen (secondary N) is 1. The number of thiophene rings is 1. The van der Waals surface area contributed by atoms with Crippen molar-refractivity contribution in [2.24, 2.45) is 0 Å². The van der Waals surface area contributed by atoms with E-state index in [1.54, 1.807) is 0 Å². The minimum absolute atomic E-state index is 0.125. The van der Waals surface area contributed by atoms with Crippen LogP contribution in [-0.4, -0.2) is 19.6 Å². The van der Waals surface area contributed by atoms with E-state index in [4.69, 9.17) is 0 Å². The van der Waals surface area contributed by atoms with Crippen LogP contribution < -0.4 is 5.32 Å². The highest BCUT2D eigenvalue weighted by atomic mass is 32.1. The van der Waals surface area contributed by atoms with Crippen LogP contribution in [-0.2, 0) is 28.9 Å². The van der Waals surface area contributed by atoms with Crippen molar-refractivity contribution in [3.63, 3.8) is 0 Å². The zero-order valence-electron chi connectivity index (χ0n) is 8.84. The fourth-order valence-corrected chi connectivity index (χ4v) is 2.95. The van der Waals surface area contributed by atoms with Crippen LogP contribution in [0.4, 0.5) is 0 Å². The van der Waals surface area contributed by atoms with Crippen LogP contribution in [0.3, 0.4) is 0 Å². The lowest BCUT2D eigenvalue weighted by molar-refractivity contribution is -0.140. The third kappa shape index (κ3) is 2.58. The maximum atomic E-state index is 11.0. The summed E-state index contributed by atoms with van der Waals surface area (Å²) in [4.78, 5) is 13.7. The molecule has 0 saturated carbocycles. The summed E-state index contributed by atoms with van der Waals surface area (Å²) in [5.41, 5.74) is 1.46. The Kier molecular flexibility index (Phi) is 3.38. The summed E-state index contributed by atoms with van der Waals surface area (Å²) >= 11 is 1.82. The lowest BCUT2D eigenvalue weighted by Gasteiger charge is -2.10. The van der Waals surface area contributed by atoms with Gasteiger partial charge in [0.05, 0.1) is 13.5 Å². The second-order valence-electron chi connectivity index (χ2n) is 3.66. The lowest BCUT2D eigenvalue weighted by Crippen LogP contribution is -2.21. The molecule has 15 heavy (non-hydrogen) atoms. The van der Waals surface area contributed by atoms with Crippen molar-refractivity contribution >= 4 is 17.3 Å². The van der Waals surface area contributed by atoms with Gasteiger partial charge in [-0.25, -0.2) is 0 Å². The summed E-state index contributed by atoms with van der Waals surface area (Å²) in [5, 5.41) is 3.35. The van der Waals surface area contributed by atoms with Gasteiger partial charge >= 0.3 is 5.97 Å². The first kappa shape index (κ1) is 10.6. The maximum Gasteiger partial charge on any atom is 0.305 e. The summed E-state index contributed by atoms with van der Waals surface area (Å²) < 4.78 is 4.63. The maximum absolute atomic E-state index is 11.0. The molecule has 0 spiro atoms. The number of hydrogen-bond donors (Lipinski definition) is 1. The molecule has 2 heterocycles. The van der Waals surface area contributed by atoms with Gasteiger partial charge in [-0.1, -0.05) is 0 Å². The standard InChI is InChI=1S/C11H15NO2S/c1-14-11(13)3-2-9-6-8-4-5-12-7-10(8)15-9/h6,12H,2-5,7H2,1H3. The topological polar surface area (TPSA) is 38.3 Å². The van der Waals surface area contributed by atoms with E-state index in [-0.39, 0.29) is 5.97 Å². The third-order valence-corrected chi connectivity index (χ3v) is 3.84. The van der Waals surface area contributed by atoms with Crippen molar-refractivity contribution in [1.29, 1.82) is 0 Å². The average molecular weight is 225 g/mol. The Balaban J connectivity index is 1.97. The molecule has 82 valence electrons. The van der Waals surface area contributed by atoms with Crippen molar-refractivity contribution < 1.29 is 9.53 Å². The molecule has 0 radical (unpaired) electrons. The van der Waals surface area contributed by atoms with Crippen LogP contribution in [0.15, 0.2) is 6.07 Å². The molecule has 0 amide bonds. The summed E-state index contributed by atoms with van der Waals surface area (Å²) in [7, 11) is 1.44. The van der Waals surface area contributed by atoms with E-state index in [1.807, 2.05) is 11.3 Å². The predicted octanol–water partition coefficient (Wildman–Crippen LogP) is 1.50. The Morgan fingerprint density at radius 3 is 3.27 bits per heavy atom. The molecular formula is C11H15NO2S. The first-order chi connectivity index (χ1) is 7.29. The first-order valence-electron chi connectivity index (χ1n) is 5.17. The molecule has 2 rings (SSSR count). The molecule has 1 aromatic heterocycles. The highest BCUT2D eigenvalue weighted by Crippen LogP contribution is 2.26. The minimum atomic E-state index is -0.125. The van der Waals surface area contributed by atoms with Gasteiger partial charge in [-0.2, -0.15) is 0 Å². The van der Waals surface area contributed by atoms with Crippen LogP contribution in [0.5, 0.6) is 0 Å². The Labute approximate surface area is 93.4 Å². The largest absolute Gasteiger partial charge is 0.469 e. The van der Waals surface area contributed by atoms with Crippen molar-refractivity contribution in [1.82, 2.24) is 5.32 Å². The smallest absolute Gasteiger partial charge is 0.305 e. The fraction of sp³-hybridized carbons (Fsp3) is 0.545. The number of hydrogen-bond acceptors (Lipinski definition) is 4. The molecule has 1 aliphatic rings. The number of carbonyl (C=O) groups excluding carboxylic acids is 1. The number of methoxy groups -OCH3 is 1. The van der Waals surface area contributed by atoms with E-state index in [0.29, 0.717) is 6.42 Å². The summed E-state index contributed by atoms with van der Waals surface area (Å²) in [6, 6.07) is 2.24. The molecule has 1 N–H and O–H groups in total. The quantitative estimate of drug-likeness (QED) is 0.792. The van der Waals surface area contributed by atoms with Crippen LogP contribution in [0, 0.1) is 0 Å². The van der Waals surface area contributed by atoms with E-state index >= 15 is 0 Å². The van der Waals surface area contributed by atoms with Gasteiger partial charge in [0.15, 0.2) is 0 Å². The first-order valence-corrected chi connectivity index (χ1v) is 5.99. The summed E-state index contributed by atoms with van der Waals surface area (Å²) in [6.07, 6.45) is 2.41. The van der Waals surface area contributed by atoms with E-state index in [0.717, 1.165) is 25.9 Å². The molecule has 0 bridgehead atoms. The molecule has 3 nitrogen and oxygen atoms in total. The fourth-order valence-electron chi connectivity index (χ4n) is 1.76. The van der Waals surface area contributed by atoms with Gasteiger partial charge in [0.25, 0.3) is 0 Å². The number of fused-ring (bicyclic) bond motifs is 1. The van der Waals surface area contributed by atoms with E-state index in [1.165, 1.54) is 22.4 Å². The summed E-state index contributed by atoms with van der Waals surface area (Å²) in [5.74, 6) is -0.125. The summed E-state index contributed by atoms with van der Waals surface area (Å²) in [6.45, 7) is 2.05. The second-order valence-corrected chi connectivity index (χ2v) is 4.89. The van der Waals surface area contributed by atoms with Gasteiger partial charge < -0.3 is 10.1 Å². The molecule has 1 aromatic rings. The second kappa shape index (κ2) is 4.77. The predicted molar refractivity (Wildman–Crippen MR) is 60.1 cm³/mol. The molecule has 0 aliphatic carbocycles. The zero-order valence-corrected chi connectivity index (χ0v) is 9.65. The lowest BCUT2D eigenvalue weighted by atomic mass is 10.1. The molecule has 0 atom stereocenters. The van der Waals surface area contributed by atoms with Crippen LogP contribution in [0.25, 0.3) is 0 Å². The van der Waals surface area contributed by atoms with Crippen LogP contribution in [0.2, 0.25) is 0 Å². The Morgan fingerprint density at radius 2 is 2.53 bits per heavy atom. The van der Waals surface area contributed by atoms with Crippen LogP contribution >= 0.6 is 11.3 Å². The SMILES string of the molecule is COC(=O)CCc1cc2c(s1)CNCC2. The van der Waals surface area contributed by atoms with Crippen molar-refractivity contribution in [2.45, 2.75) is 25.8 Å². The molecule has 0 fully saturated rings. The molecule has 0 unspecified atom stereocenters. The third-order valence-electron chi connectivity index (χ3n) is 2.61. The van der Waals surface area contributed by atoms with E-state index in [2.05, 4.69) is 16.1 Å². The van der Waals surface area contributed by atoms with Gasteiger partial charge in [0, 0.05) is 16.3 Å².